The van der Waals surface area contributed by atoms with Gasteiger partial charge in [-0.15, -0.1) is 0 Å². The molecule has 0 atom stereocenters. The van der Waals surface area contributed by atoms with Crippen molar-refractivity contribution in [2.24, 2.45) is 0 Å². The highest BCUT2D eigenvalue weighted by Crippen LogP contribution is 2.46. The molecule has 3 heterocycles. The monoisotopic (exact) mass is 486 g/mol. The van der Waals surface area contributed by atoms with Crippen LogP contribution in [-0.4, -0.2) is 21.0 Å². The summed E-state index contributed by atoms with van der Waals surface area (Å²) >= 11 is 0. The number of aromatic nitrogens is 1. The van der Waals surface area contributed by atoms with Gasteiger partial charge in [-0.3, -0.25) is 0 Å². The average Bonchev–Trinajstić information content (AvgIpc) is 3.36. The number of aryl methyl sites for hydroxylation is 2. The van der Waals surface area contributed by atoms with E-state index in [1.54, 1.807) is 14.2 Å². The molecular weight excluding hydrogens is 464 g/mol. The number of rotatable bonds is 4. The highest BCUT2D eigenvalue weighted by atomic mass is 35.5. The normalized spacial score (nSPS) is 13.3. The molecule has 7 rings (SSSR count). The van der Waals surface area contributed by atoms with E-state index in [1.165, 1.54) is 27.2 Å². The minimum atomic E-state index is 0. The van der Waals surface area contributed by atoms with E-state index in [1.807, 2.05) is 30.3 Å². The van der Waals surface area contributed by atoms with Crippen LogP contribution in [0, 0.1) is 0 Å². The third kappa shape index (κ3) is 3.13. The molecule has 4 aromatic carbocycles. The molecule has 2 aliphatic rings. The van der Waals surface area contributed by atoms with Gasteiger partial charge < -0.3 is 36.7 Å². The largest absolute Gasteiger partial charge is 1.00 e. The zero-order valence-corrected chi connectivity index (χ0v) is 20.1. The van der Waals surface area contributed by atoms with Crippen LogP contribution < -0.4 is 41.2 Å². The van der Waals surface area contributed by atoms with Gasteiger partial charge >= 0.3 is 0 Å². The number of fused-ring (bicyclic) bond motifs is 4. The summed E-state index contributed by atoms with van der Waals surface area (Å²) < 4.78 is 25.0. The Morgan fingerprint density at radius 3 is 2.46 bits per heavy atom. The van der Waals surface area contributed by atoms with Gasteiger partial charge in [0.05, 0.1) is 36.1 Å². The molecule has 0 unspecified atom stereocenters. The van der Waals surface area contributed by atoms with Crippen LogP contribution in [0.3, 0.4) is 0 Å². The summed E-state index contributed by atoms with van der Waals surface area (Å²) in [7, 11) is 3.38. The summed E-state index contributed by atoms with van der Waals surface area (Å²) in [5.74, 6) is 3.33. The van der Waals surface area contributed by atoms with Gasteiger partial charge in [-0.1, -0.05) is 0 Å². The fraction of sp³-hybridized carbons (Fsp3) is 0.179. The predicted octanol–water partition coefficient (Wildman–Crippen LogP) is 2.48. The zero-order chi connectivity index (χ0) is 22.8. The van der Waals surface area contributed by atoms with E-state index < -0.39 is 0 Å². The average molecular weight is 487 g/mol. The van der Waals surface area contributed by atoms with E-state index in [-0.39, 0.29) is 19.2 Å². The second-order valence-corrected chi connectivity index (χ2v) is 8.68. The summed E-state index contributed by atoms with van der Waals surface area (Å²) in [6.07, 6.45) is 3.19. The highest BCUT2D eigenvalue weighted by molar-refractivity contribution is 6.18. The van der Waals surface area contributed by atoms with Gasteiger partial charge in [0.1, 0.15) is 11.5 Å². The van der Waals surface area contributed by atoms with Crippen LogP contribution in [0.1, 0.15) is 5.56 Å². The SMILES string of the molecule is COc1ccc(Nc2c(OC)ccc3c2c[n+]2c4c3ccc3c5c(cc(c34)CC2)OCO5)cc1.[Cl-]. The summed E-state index contributed by atoms with van der Waals surface area (Å²) in [6.45, 7) is 1.18. The van der Waals surface area contributed by atoms with E-state index >= 15 is 0 Å². The molecule has 35 heavy (non-hydrogen) atoms. The molecule has 1 N–H and O–H groups in total. The third-order valence-corrected chi connectivity index (χ3v) is 6.96. The lowest BCUT2D eigenvalue weighted by Gasteiger charge is -2.19. The molecule has 0 saturated carbocycles. The van der Waals surface area contributed by atoms with Crippen molar-refractivity contribution in [2.75, 3.05) is 26.3 Å². The maximum Gasteiger partial charge on any atom is 0.231 e. The minimum Gasteiger partial charge on any atom is -1.00 e. The molecule has 6 nitrogen and oxygen atoms in total. The second kappa shape index (κ2) is 8.10. The number of hydrogen-bond acceptors (Lipinski definition) is 5. The smallest absolute Gasteiger partial charge is 0.231 e. The predicted molar refractivity (Wildman–Crippen MR) is 132 cm³/mol. The van der Waals surface area contributed by atoms with Crippen molar-refractivity contribution in [3.05, 3.63) is 66.4 Å². The Bertz CT molecular complexity index is 1630. The number of nitrogens with zero attached hydrogens (tertiary/aromatic N) is 1. The Labute approximate surface area is 208 Å². The molecule has 0 amide bonds. The van der Waals surface area contributed by atoms with Crippen molar-refractivity contribution in [1.29, 1.82) is 0 Å². The maximum atomic E-state index is 5.83. The van der Waals surface area contributed by atoms with Gasteiger partial charge in [0.2, 0.25) is 12.3 Å². The molecule has 0 bridgehead atoms. The van der Waals surface area contributed by atoms with Gasteiger partial charge in [0, 0.05) is 22.9 Å². The number of pyridine rings is 1. The minimum absolute atomic E-state index is 0. The fourth-order valence-electron chi connectivity index (χ4n) is 5.38. The van der Waals surface area contributed by atoms with Crippen molar-refractivity contribution in [1.82, 2.24) is 0 Å². The van der Waals surface area contributed by atoms with Gasteiger partial charge in [0.15, 0.2) is 24.2 Å². The summed E-state index contributed by atoms with van der Waals surface area (Å²) in [4.78, 5) is 0. The molecule has 0 fully saturated rings. The highest BCUT2D eigenvalue weighted by Gasteiger charge is 2.29. The number of benzene rings is 4. The van der Waals surface area contributed by atoms with Crippen LogP contribution in [0.15, 0.2) is 60.8 Å². The molecule has 1 aromatic heterocycles. The Balaban J connectivity index is 0.00000229. The van der Waals surface area contributed by atoms with Gasteiger partial charge in [-0.05, 0) is 60.2 Å². The summed E-state index contributed by atoms with van der Waals surface area (Å²) in [5, 5.41) is 9.48. The molecule has 0 saturated heterocycles. The van der Waals surface area contributed by atoms with E-state index in [2.05, 4.69) is 40.3 Å². The molecule has 7 heteroatoms. The standard InChI is InChI=1S/C28H22N2O4.ClH/c1-31-18-5-3-17(4-6-18)29-26-22-14-30-12-11-16-13-24-28(34-15-33-24)21-8-7-20(27(30)25(16)21)19(22)9-10-23(26)32-2;/h3-10,13-14H,11-12,15H2,1-2H3;1H. The van der Waals surface area contributed by atoms with Crippen LogP contribution in [-0.2, 0) is 13.0 Å². The number of methoxy groups -OCH3 is 2. The first-order chi connectivity index (χ1) is 16.7. The molecule has 2 aliphatic heterocycles. The molecule has 0 aliphatic carbocycles. The quantitative estimate of drug-likeness (QED) is 0.312. The topological polar surface area (TPSA) is 52.8 Å². The zero-order valence-electron chi connectivity index (χ0n) is 19.4. The number of anilines is 2. The summed E-state index contributed by atoms with van der Waals surface area (Å²) in [5.41, 5.74) is 4.48. The number of ether oxygens (including phenoxy) is 4. The van der Waals surface area contributed by atoms with E-state index in [0.29, 0.717) is 0 Å². The van der Waals surface area contributed by atoms with Gasteiger partial charge in [0.25, 0.3) is 0 Å². The van der Waals surface area contributed by atoms with Gasteiger partial charge in [-0.25, -0.2) is 0 Å². The van der Waals surface area contributed by atoms with Crippen LogP contribution in [0.5, 0.6) is 23.0 Å². The van der Waals surface area contributed by atoms with E-state index in [9.17, 15) is 0 Å². The van der Waals surface area contributed by atoms with E-state index in [0.717, 1.165) is 58.1 Å². The molecule has 5 aromatic rings. The van der Waals surface area contributed by atoms with Crippen molar-refractivity contribution in [2.45, 2.75) is 13.0 Å². The van der Waals surface area contributed by atoms with Crippen molar-refractivity contribution < 1.29 is 35.9 Å². The van der Waals surface area contributed by atoms with E-state index in [4.69, 9.17) is 18.9 Å². The molecule has 0 radical (unpaired) electrons. The Morgan fingerprint density at radius 2 is 1.66 bits per heavy atom. The number of hydrogen-bond donors (Lipinski definition) is 1. The third-order valence-electron chi connectivity index (χ3n) is 6.96. The Morgan fingerprint density at radius 1 is 0.857 bits per heavy atom. The fourth-order valence-corrected chi connectivity index (χ4v) is 5.38. The van der Waals surface area contributed by atoms with Crippen LogP contribution >= 0.6 is 0 Å². The number of nitrogens with one attached hydrogen (secondary N) is 1. The van der Waals surface area contributed by atoms with Crippen LogP contribution in [0.2, 0.25) is 0 Å². The van der Waals surface area contributed by atoms with Crippen molar-refractivity contribution in [3.63, 3.8) is 0 Å². The first kappa shape index (κ1) is 21.6. The molecule has 176 valence electrons. The lowest BCUT2D eigenvalue weighted by molar-refractivity contribution is -0.670. The first-order valence-electron chi connectivity index (χ1n) is 11.4. The second-order valence-electron chi connectivity index (χ2n) is 8.68. The molecule has 0 spiro atoms. The maximum absolute atomic E-state index is 5.83. The first-order valence-corrected chi connectivity index (χ1v) is 11.4. The van der Waals surface area contributed by atoms with Crippen molar-refractivity contribution >= 4 is 43.8 Å². The number of halogens is 1. The molecular formula is C28H23ClN2O4. The van der Waals surface area contributed by atoms with Crippen molar-refractivity contribution in [3.8, 4) is 23.0 Å². The Kier molecular flexibility index (Phi) is 5.00. The van der Waals surface area contributed by atoms with Crippen LogP contribution in [0.4, 0.5) is 11.4 Å². The van der Waals surface area contributed by atoms with Gasteiger partial charge in [-0.2, -0.15) is 4.57 Å². The Hall–Kier alpha value is -3.90. The lowest BCUT2D eigenvalue weighted by Crippen LogP contribution is -3.00. The van der Waals surface area contributed by atoms with Crippen LogP contribution in [0.25, 0.3) is 32.4 Å². The lowest BCUT2D eigenvalue weighted by atomic mass is 9.92. The summed E-state index contributed by atoms with van der Waals surface area (Å²) in [6, 6.07) is 18.6.